The lowest BCUT2D eigenvalue weighted by atomic mass is 10.1. The molecule has 0 atom stereocenters. The molecule has 0 spiro atoms. The van der Waals surface area contributed by atoms with E-state index in [0.717, 1.165) is 9.13 Å². The minimum Gasteiger partial charge on any atom is -0.482 e. The number of halogens is 3. The van der Waals surface area contributed by atoms with Gasteiger partial charge in [-0.3, -0.25) is 4.79 Å². The number of benzene rings is 2. The van der Waals surface area contributed by atoms with E-state index in [2.05, 4.69) is 33.1 Å². The first-order valence-electron chi connectivity index (χ1n) is 6.62. The largest absolute Gasteiger partial charge is 0.482 e. The second kappa shape index (κ2) is 8.52. The molecule has 0 heterocycles. The molecule has 2 rings (SSSR count). The summed E-state index contributed by atoms with van der Waals surface area (Å²) in [6, 6.07) is 12.6. The van der Waals surface area contributed by atoms with E-state index in [9.17, 15) is 4.79 Å². The molecule has 1 N–H and O–H groups in total. The van der Waals surface area contributed by atoms with Gasteiger partial charge in [0, 0.05) is 8.59 Å². The summed E-state index contributed by atoms with van der Waals surface area (Å²) in [5, 5.41) is 4.92. The molecule has 23 heavy (non-hydrogen) atoms. The molecule has 120 valence electrons. The van der Waals surface area contributed by atoms with Crippen LogP contribution in [-0.4, -0.2) is 18.2 Å². The summed E-state index contributed by atoms with van der Waals surface area (Å²) in [4.78, 5) is 11.8. The molecule has 0 fully saturated rings. The van der Waals surface area contributed by atoms with Crippen LogP contribution in [0, 0.1) is 3.57 Å². The minimum atomic E-state index is -0.374. The summed E-state index contributed by atoms with van der Waals surface area (Å²) in [6.45, 7) is 1.63. The fourth-order valence-electron chi connectivity index (χ4n) is 1.69. The van der Waals surface area contributed by atoms with Crippen molar-refractivity contribution in [2.24, 2.45) is 5.10 Å². The van der Waals surface area contributed by atoms with E-state index in [-0.39, 0.29) is 12.5 Å². The molecular formula is C16H13Cl2IN2O2. The number of carbonyl (C=O) groups excluding carboxylic acids is 1. The van der Waals surface area contributed by atoms with Crippen LogP contribution in [0.5, 0.6) is 5.75 Å². The highest BCUT2D eigenvalue weighted by molar-refractivity contribution is 14.1. The maximum absolute atomic E-state index is 11.8. The molecule has 0 aromatic heterocycles. The van der Waals surface area contributed by atoms with Crippen molar-refractivity contribution in [1.29, 1.82) is 0 Å². The van der Waals surface area contributed by atoms with Crippen molar-refractivity contribution in [3.8, 4) is 5.75 Å². The second-order valence-corrected chi connectivity index (χ2v) is 6.70. The summed E-state index contributed by atoms with van der Waals surface area (Å²) in [7, 11) is 0. The van der Waals surface area contributed by atoms with Gasteiger partial charge in [-0.1, -0.05) is 35.3 Å². The zero-order valence-electron chi connectivity index (χ0n) is 12.1. The molecule has 0 radical (unpaired) electrons. The molecule has 2 aromatic carbocycles. The van der Waals surface area contributed by atoms with Gasteiger partial charge in [0.25, 0.3) is 5.91 Å². The van der Waals surface area contributed by atoms with Gasteiger partial charge in [0.1, 0.15) is 5.75 Å². The minimum absolute atomic E-state index is 0.190. The van der Waals surface area contributed by atoms with Gasteiger partial charge in [-0.25, -0.2) is 5.43 Å². The molecule has 0 aliphatic rings. The van der Waals surface area contributed by atoms with Gasteiger partial charge in [-0.2, -0.15) is 5.10 Å². The summed E-state index contributed by atoms with van der Waals surface area (Å²) in [5.74, 6) is 0.0190. The SMILES string of the molecule is C/C(=N/NC(=O)COc1ccc(Cl)cc1Cl)c1cccc(I)c1. The molecule has 0 unspecified atom stereocenters. The van der Waals surface area contributed by atoms with Crippen molar-refractivity contribution in [3.63, 3.8) is 0 Å². The van der Waals surface area contributed by atoms with Crippen molar-refractivity contribution in [2.45, 2.75) is 6.92 Å². The van der Waals surface area contributed by atoms with Crippen molar-refractivity contribution in [3.05, 3.63) is 61.6 Å². The van der Waals surface area contributed by atoms with Gasteiger partial charge in [0.15, 0.2) is 6.61 Å². The molecule has 0 saturated heterocycles. The summed E-state index contributed by atoms with van der Waals surface area (Å²) >= 11 is 14.0. The number of hydrogen-bond donors (Lipinski definition) is 1. The van der Waals surface area contributed by atoms with E-state index >= 15 is 0 Å². The van der Waals surface area contributed by atoms with Crippen LogP contribution in [0.25, 0.3) is 0 Å². The molecule has 0 aliphatic carbocycles. The molecule has 2 aromatic rings. The van der Waals surface area contributed by atoms with Crippen molar-refractivity contribution in [1.82, 2.24) is 5.43 Å². The number of amides is 1. The lowest BCUT2D eigenvalue weighted by Gasteiger charge is -2.07. The van der Waals surface area contributed by atoms with Crippen LogP contribution in [0.2, 0.25) is 10.0 Å². The number of hydrazone groups is 1. The van der Waals surface area contributed by atoms with Gasteiger partial charge in [0.05, 0.1) is 10.7 Å². The Morgan fingerprint density at radius 2 is 2.04 bits per heavy atom. The van der Waals surface area contributed by atoms with Crippen LogP contribution in [-0.2, 0) is 4.79 Å². The first-order chi connectivity index (χ1) is 11.0. The third kappa shape index (κ3) is 5.67. The van der Waals surface area contributed by atoms with Gasteiger partial charge in [-0.15, -0.1) is 0 Å². The van der Waals surface area contributed by atoms with E-state index in [4.69, 9.17) is 27.9 Å². The Labute approximate surface area is 158 Å². The highest BCUT2D eigenvalue weighted by Gasteiger charge is 2.06. The highest BCUT2D eigenvalue weighted by Crippen LogP contribution is 2.27. The monoisotopic (exact) mass is 462 g/mol. The quantitative estimate of drug-likeness (QED) is 0.403. The Hall–Kier alpha value is -1.31. The average molecular weight is 463 g/mol. The summed E-state index contributed by atoms with van der Waals surface area (Å²) in [6.07, 6.45) is 0. The van der Waals surface area contributed by atoms with E-state index in [0.29, 0.717) is 21.5 Å². The van der Waals surface area contributed by atoms with E-state index < -0.39 is 0 Å². The zero-order valence-corrected chi connectivity index (χ0v) is 15.8. The van der Waals surface area contributed by atoms with Crippen molar-refractivity contribution >= 4 is 57.4 Å². The molecule has 7 heteroatoms. The van der Waals surface area contributed by atoms with Crippen LogP contribution in [0.3, 0.4) is 0 Å². The molecule has 4 nitrogen and oxygen atoms in total. The first-order valence-corrected chi connectivity index (χ1v) is 8.46. The third-order valence-corrected chi connectivity index (χ3v) is 4.04. The van der Waals surface area contributed by atoms with Crippen LogP contribution in [0.4, 0.5) is 0 Å². The molecule has 0 bridgehead atoms. The number of carbonyl (C=O) groups is 1. The molecular weight excluding hydrogens is 450 g/mol. The molecule has 0 saturated carbocycles. The smallest absolute Gasteiger partial charge is 0.277 e. The summed E-state index contributed by atoms with van der Waals surface area (Å²) < 4.78 is 6.44. The van der Waals surface area contributed by atoms with Crippen LogP contribution < -0.4 is 10.2 Å². The average Bonchev–Trinajstić information content (AvgIpc) is 2.51. The van der Waals surface area contributed by atoms with Crippen molar-refractivity contribution in [2.75, 3.05) is 6.61 Å². The number of hydrogen-bond acceptors (Lipinski definition) is 3. The van der Waals surface area contributed by atoms with Gasteiger partial charge >= 0.3 is 0 Å². The Bertz CT molecular complexity index is 751. The number of rotatable bonds is 5. The van der Waals surface area contributed by atoms with Gasteiger partial charge < -0.3 is 4.74 Å². The lowest BCUT2D eigenvalue weighted by Crippen LogP contribution is -2.25. The second-order valence-electron chi connectivity index (χ2n) is 4.61. The van der Waals surface area contributed by atoms with Crippen LogP contribution >= 0.6 is 45.8 Å². The number of nitrogens with one attached hydrogen (secondary N) is 1. The van der Waals surface area contributed by atoms with Gasteiger partial charge in [0.2, 0.25) is 0 Å². The topological polar surface area (TPSA) is 50.7 Å². The normalized spacial score (nSPS) is 11.2. The Kier molecular flexibility index (Phi) is 6.68. The standard InChI is InChI=1S/C16H13Cl2IN2O2/c1-10(11-3-2-4-13(19)7-11)20-21-16(22)9-23-15-6-5-12(17)8-14(15)18/h2-8H,9H2,1H3,(H,21,22)/b20-10-. The molecule has 0 aliphatic heterocycles. The Morgan fingerprint density at radius 3 is 2.74 bits per heavy atom. The predicted molar refractivity (Wildman–Crippen MR) is 101 cm³/mol. The van der Waals surface area contributed by atoms with E-state index in [1.807, 2.05) is 31.2 Å². The maximum atomic E-state index is 11.8. The third-order valence-electron chi connectivity index (χ3n) is 2.84. The van der Waals surface area contributed by atoms with Crippen LogP contribution in [0.1, 0.15) is 12.5 Å². The van der Waals surface area contributed by atoms with Gasteiger partial charge in [-0.05, 0) is 65.4 Å². The Balaban J connectivity index is 1.90. The number of ether oxygens (including phenoxy) is 1. The number of nitrogens with zero attached hydrogens (tertiary/aromatic N) is 1. The Morgan fingerprint density at radius 1 is 1.26 bits per heavy atom. The van der Waals surface area contributed by atoms with Crippen molar-refractivity contribution < 1.29 is 9.53 Å². The highest BCUT2D eigenvalue weighted by atomic mass is 127. The maximum Gasteiger partial charge on any atom is 0.277 e. The van der Waals surface area contributed by atoms with E-state index in [1.165, 1.54) is 0 Å². The lowest BCUT2D eigenvalue weighted by molar-refractivity contribution is -0.123. The molecule has 1 amide bonds. The first kappa shape index (κ1) is 18.0. The summed E-state index contributed by atoms with van der Waals surface area (Å²) in [5.41, 5.74) is 4.11. The fourth-order valence-corrected chi connectivity index (χ4v) is 2.70. The van der Waals surface area contributed by atoms with Crippen LogP contribution in [0.15, 0.2) is 47.6 Å². The van der Waals surface area contributed by atoms with E-state index in [1.54, 1.807) is 18.2 Å². The zero-order chi connectivity index (χ0) is 16.8. The predicted octanol–water partition coefficient (Wildman–Crippen LogP) is 4.52. The fraction of sp³-hybridized carbons (Fsp3) is 0.125.